The van der Waals surface area contributed by atoms with Crippen LogP contribution >= 0.6 is 0 Å². The molecule has 1 atom stereocenters. The molecule has 0 aliphatic heterocycles. The summed E-state index contributed by atoms with van der Waals surface area (Å²) in [7, 11) is 3.86. The van der Waals surface area contributed by atoms with Gasteiger partial charge in [-0.25, -0.2) is 0 Å². The Morgan fingerprint density at radius 2 is 1.95 bits per heavy atom. The second-order valence-corrected chi connectivity index (χ2v) is 9.42. The van der Waals surface area contributed by atoms with Crippen molar-refractivity contribution in [3.05, 3.63) is 77.4 Å². The van der Waals surface area contributed by atoms with Gasteiger partial charge in [-0.15, -0.1) is 0 Å². The molecule has 0 radical (unpaired) electrons. The van der Waals surface area contributed by atoms with E-state index in [0.717, 1.165) is 28.8 Å². The Labute approximate surface area is 217 Å². The van der Waals surface area contributed by atoms with Crippen LogP contribution in [0.1, 0.15) is 47.6 Å². The number of hydrogen-bond acceptors (Lipinski definition) is 7. The fourth-order valence-electron chi connectivity index (χ4n) is 3.47. The highest BCUT2D eigenvalue weighted by molar-refractivity contribution is 5.94. The molecule has 8 heteroatoms. The van der Waals surface area contributed by atoms with Crippen molar-refractivity contribution in [1.82, 2.24) is 15.3 Å². The third-order valence-corrected chi connectivity index (χ3v) is 5.37. The molecule has 0 aliphatic rings. The molecule has 2 N–H and O–H groups in total. The molecular weight excluding hydrogens is 468 g/mol. The average molecular weight is 501 g/mol. The number of aldehydes is 1. The van der Waals surface area contributed by atoms with Crippen molar-refractivity contribution in [3.63, 3.8) is 0 Å². The van der Waals surface area contributed by atoms with E-state index in [1.54, 1.807) is 32.2 Å². The van der Waals surface area contributed by atoms with E-state index < -0.39 is 17.6 Å². The molecule has 1 amide bonds. The summed E-state index contributed by atoms with van der Waals surface area (Å²) in [5.41, 5.74) is 2.69. The lowest BCUT2D eigenvalue weighted by molar-refractivity contribution is -0.109. The van der Waals surface area contributed by atoms with Gasteiger partial charge in [0.2, 0.25) is 0 Å². The highest BCUT2D eigenvalue weighted by Crippen LogP contribution is 2.23. The predicted molar refractivity (Wildman–Crippen MR) is 143 cm³/mol. The van der Waals surface area contributed by atoms with Crippen molar-refractivity contribution in [2.75, 3.05) is 19.0 Å². The Morgan fingerprint density at radius 1 is 1.16 bits per heavy atom. The Kier molecular flexibility index (Phi) is 8.99. The van der Waals surface area contributed by atoms with Crippen molar-refractivity contribution in [2.45, 2.75) is 45.3 Å². The number of aliphatic hydroxyl groups is 1. The average Bonchev–Trinajstić information content (AvgIpc) is 2.86. The number of ether oxygens (including phenoxy) is 1. The maximum Gasteiger partial charge on any atom is 0.270 e. The van der Waals surface area contributed by atoms with Crippen LogP contribution in [0.15, 0.2) is 54.9 Å². The van der Waals surface area contributed by atoms with Crippen LogP contribution in [-0.2, 0) is 11.2 Å². The summed E-state index contributed by atoms with van der Waals surface area (Å²) in [5, 5.41) is 12.6. The number of pyridine rings is 2. The summed E-state index contributed by atoms with van der Waals surface area (Å²) >= 11 is 0. The molecule has 2 aromatic heterocycles. The van der Waals surface area contributed by atoms with E-state index in [0.29, 0.717) is 24.3 Å². The predicted octanol–water partition coefficient (Wildman–Crippen LogP) is 3.70. The maximum absolute atomic E-state index is 12.8. The van der Waals surface area contributed by atoms with E-state index in [1.807, 2.05) is 50.2 Å². The van der Waals surface area contributed by atoms with Crippen LogP contribution in [0.2, 0.25) is 0 Å². The lowest BCUT2D eigenvalue weighted by atomic mass is 10.0. The first-order valence-corrected chi connectivity index (χ1v) is 11.9. The minimum Gasteiger partial charge on any atom is -0.456 e. The zero-order valence-electron chi connectivity index (χ0n) is 21.8. The van der Waals surface area contributed by atoms with Gasteiger partial charge in [0.15, 0.2) is 0 Å². The molecule has 1 aromatic carbocycles. The number of benzene rings is 1. The second kappa shape index (κ2) is 12.2. The number of aryl methyl sites for hydroxylation is 2. The summed E-state index contributed by atoms with van der Waals surface area (Å²) in [6, 6.07) is 11.9. The Morgan fingerprint density at radius 3 is 2.59 bits per heavy atom. The number of nitrogens with one attached hydrogen (secondary N) is 1. The second-order valence-electron chi connectivity index (χ2n) is 9.42. The molecule has 0 saturated carbocycles. The van der Waals surface area contributed by atoms with Crippen molar-refractivity contribution < 1.29 is 19.4 Å². The highest BCUT2D eigenvalue weighted by Gasteiger charge is 2.16. The first-order chi connectivity index (χ1) is 17.5. The lowest BCUT2D eigenvalue weighted by Gasteiger charge is -2.19. The molecule has 0 fully saturated rings. The summed E-state index contributed by atoms with van der Waals surface area (Å²) in [4.78, 5) is 34.8. The van der Waals surface area contributed by atoms with E-state index in [-0.39, 0.29) is 5.69 Å². The normalized spacial score (nSPS) is 11.6. The summed E-state index contributed by atoms with van der Waals surface area (Å²) in [5.74, 6) is 6.33. The number of anilines is 1. The van der Waals surface area contributed by atoms with Gasteiger partial charge in [-0.05, 0) is 69.5 Å². The van der Waals surface area contributed by atoms with Gasteiger partial charge in [-0.2, -0.15) is 0 Å². The Bertz CT molecular complexity index is 1300. The summed E-state index contributed by atoms with van der Waals surface area (Å²) in [6.07, 6.45) is 4.79. The van der Waals surface area contributed by atoms with E-state index in [1.165, 1.54) is 12.3 Å². The number of carbonyl (C=O) groups excluding carboxylic acids is 2. The van der Waals surface area contributed by atoms with Gasteiger partial charge in [-0.1, -0.05) is 17.9 Å². The molecule has 0 aliphatic carbocycles. The largest absolute Gasteiger partial charge is 0.456 e. The molecule has 3 rings (SSSR count). The zero-order chi connectivity index (χ0) is 27.0. The molecule has 1 unspecified atom stereocenters. The van der Waals surface area contributed by atoms with Crippen LogP contribution < -0.4 is 15.0 Å². The van der Waals surface area contributed by atoms with Crippen LogP contribution in [0.4, 0.5) is 5.69 Å². The van der Waals surface area contributed by atoms with Gasteiger partial charge in [0.1, 0.15) is 29.1 Å². The fourth-order valence-corrected chi connectivity index (χ4v) is 3.47. The van der Waals surface area contributed by atoms with Crippen molar-refractivity contribution in [2.24, 2.45) is 0 Å². The summed E-state index contributed by atoms with van der Waals surface area (Å²) < 4.78 is 5.76. The minimum atomic E-state index is -1.08. The number of nitrogens with zero attached hydrogens (tertiary/aromatic N) is 3. The maximum atomic E-state index is 12.8. The quantitative estimate of drug-likeness (QED) is 0.341. The molecule has 192 valence electrons. The number of carbonyl (C=O) groups is 2. The Hall–Kier alpha value is -4.22. The molecule has 0 bridgehead atoms. The van der Waals surface area contributed by atoms with E-state index in [9.17, 15) is 14.7 Å². The Balaban J connectivity index is 1.66. The van der Waals surface area contributed by atoms with Crippen molar-refractivity contribution in [1.29, 1.82) is 0 Å². The number of aromatic nitrogens is 2. The van der Waals surface area contributed by atoms with Crippen molar-refractivity contribution in [3.8, 4) is 23.3 Å². The SMILES string of the molecule is Cc1ccc(Oc2ccnc(C(=O)NC(C=O)CCc3ccc(C#CC(C)(C)O)cc3N(C)C)c2)cn1. The van der Waals surface area contributed by atoms with Gasteiger partial charge >= 0.3 is 0 Å². The van der Waals surface area contributed by atoms with Crippen molar-refractivity contribution >= 4 is 17.9 Å². The van der Waals surface area contributed by atoms with Gasteiger partial charge in [0, 0.05) is 43.3 Å². The molecule has 8 nitrogen and oxygen atoms in total. The number of rotatable bonds is 9. The van der Waals surface area contributed by atoms with Gasteiger partial charge < -0.3 is 24.9 Å². The molecule has 3 aromatic rings. The van der Waals surface area contributed by atoms with E-state index in [4.69, 9.17) is 4.74 Å². The van der Waals surface area contributed by atoms with Crippen LogP contribution in [0, 0.1) is 18.8 Å². The molecule has 37 heavy (non-hydrogen) atoms. The summed E-state index contributed by atoms with van der Waals surface area (Å²) in [6.45, 7) is 5.15. The van der Waals surface area contributed by atoms with E-state index in [2.05, 4.69) is 27.1 Å². The first-order valence-electron chi connectivity index (χ1n) is 11.9. The van der Waals surface area contributed by atoms with Gasteiger partial charge in [0.25, 0.3) is 5.91 Å². The molecule has 0 spiro atoms. The minimum absolute atomic E-state index is 0.146. The first kappa shape index (κ1) is 27.4. The van der Waals surface area contributed by atoms with Crippen LogP contribution in [0.5, 0.6) is 11.5 Å². The van der Waals surface area contributed by atoms with Crippen LogP contribution in [-0.4, -0.2) is 53.0 Å². The lowest BCUT2D eigenvalue weighted by Crippen LogP contribution is -2.36. The standard InChI is InChI=1S/C29H32N4O4/c1-20-6-11-25(18-31-20)37-24-13-15-30-26(17-24)28(35)32-23(19-34)10-9-22-8-7-21(12-14-29(2,3)36)16-27(22)33(4)5/h6-8,11,13,15-19,23,36H,9-10H2,1-5H3,(H,32,35). The van der Waals surface area contributed by atoms with E-state index >= 15 is 0 Å². The van der Waals surface area contributed by atoms with Gasteiger partial charge in [0.05, 0.1) is 12.2 Å². The third-order valence-electron chi connectivity index (χ3n) is 5.37. The fraction of sp³-hybridized carbons (Fsp3) is 0.310. The molecular formula is C29H32N4O4. The van der Waals surface area contributed by atoms with Crippen LogP contribution in [0.3, 0.4) is 0 Å². The third kappa shape index (κ3) is 8.44. The smallest absolute Gasteiger partial charge is 0.270 e. The van der Waals surface area contributed by atoms with Crippen LogP contribution in [0.25, 0.3) is 0 Å². The van der Waals surface area contributed by atoms with Gasteiger partial charge in [-0.3, -0.25) is 14.8 Å². The highest BCUT2D eigenvalue weighted by atomic mass is 16.5. The zero-order valence-corrected chi connectivity index (χ0v) is 21.8. The number of amides is 1. The topological polar surface area (TPSA) is 105 Å². The molecule has 0 saturated heterocycles. The number of hydrogen-bond donors (Lipinski definition) is 2. The monoisotopic (exact) mass is 500 g/mol. The molecule has 2 heterocycles.